The van der Waals surface area contributed by atoms with Gasteiger partial charge in [0.15, 0.2) is 0 Å². The van der Waals surface area contributed by atoms with Crippen LogP contribution >= 0.6 is 0 Å². The first-order chi connectivity index (χ1) is 3.39. The third-order valence-electron chi connectivity index (χ3n) is 0.678. The molecule has 43 valence electrons. The van der Waals surface area contributed by atoms with Crippen LogP contribution in [0.5, 0.6) is 0 Å². The van der Waals surface area contributed by atoms with Crippen molar-refractivity contribution in [3.8, 4) is 0 Å². The molecular weight excluding hydrogens is 166 g/mol. The second-order valence-corrected chi connectivity index (χ2v) is 1.22. The van der Waals surface area contributed by atoms with E-state index in [-0.39, 0.29) is 23.8 Å². The molecular formula is C6H7AsF. The molecule has 8 heavy (non-hydrogen) atoms. The Labute approximate surface area is 59.0 Å². The summed E-state index contributed by atoms with van der Waals surface area (Å²) in [5, 5.41) is 0. The molecule has 0 fully saturated rings. The zero-order valence-corrected chi connectivity index (χ0v) is 7.36. The monoisotopic (exact) mass is 173 g/mol. The van der Waals surface area contributed by atoms with Crippen LogP contribution in [0.2, 0.25) is 0 Å². The Hall–Kier alpha value is -0.292. The predicted molar refractivity (Wildman–Crippen MR) is 35.2 cm³/mol. The molecule has 1 radical (unpaired) electrons. The van der Waals surface area contributed by atoms with Gasteiger partial charge in [-0.3, -0.25) is 0 Å². The molecule has 2 heteroatoms. The standard InChI is InChI=1S/C6H4F.AsH3/c7-6-4-2-1-3-5-6;/h2-5H;1H3. The molecule has 1 rings (SSSR count). The van der Waals surface area contributed by atoms with Gasteiger partial charge in [0.2, 0.25) is 0 Å². The van der Waals surface area contributed by atoms with Crippen LogP contribution in [-0.2, 0) is 0 Å². The molecule has 0 aromatic heterocycles. The quantitative estimate of drug-likeness (QED) is 0.499. The third kappa shape index (κ3) is 2.13. The van der Waals surface area contributed by atoms with Crippen LogP contribution in [0.15, 0.2) is 24.3 Å². The van der Waals surface area contributed by atoms with Crippen molar-refractivity contribution in [1.29, 1.82) is 0 Å². The summed E-state index contributed by atoms with van der Waals surface area (Å²) < 4.78 is 11.9. The van der Waals surface area contributed by atoms with Crippen LogP contribution in [0.4, 0.5) is 4.39 Å². The molecule has 0 spiro atoms. The van der Waals surface area contributed by atoms with Gasteiger partial charge >= 0.3 is 18.0 Å². The second kappa shape index (κ2) is 3.68. The van der Waals surface area contributed by atoms with E-state index in [4.69, 9.17) is 0 Å². The molecule has 0 nitrogen and oxygen atoms in total. The van der Waals surface area contributed by atoms with Gasteiger partial charge in [0.1, 0.15) is 5.82 Å². The van der Waals surface area contributed by atoms with Crippen LogP contribution < -0.4 is 0 Å². The van der Waals surface area contributed by atoms with Crippen molar-refractivity contribution in [2.75, 3.05) is 0 Å². The fourth-order valence-electron chi connectivity index (χ4n) is 0.367. The Morgan fingerprint density at radius 2 is 1.75 bits per heavy atom. The Morgan fingerprint density at radius 1 is 1.25 bits per heavy atom. The van der Waals surface area contributed by atoms with Crippen LogP contribution in [0.3, 0.4) is 0 Å². The van der Waals surface area contributed by atoms with Crippen molar-refractivity contribution in [1.82, 2.24) is 0 Å². The van der Waals surface area contributed by atoms with Gasteiger partial charge in [-0.2, -0.15) is 0 Å². The van der Waals surface area contributed by atoms with Gasteiger partial charge in [-0.05, 0) is 18.2 Å². The molecule has 0 aliphatic carbocycles. The summed E-state index contributed by atoms with van der Waals surface area (Å²) in [6, 6.07) is 8.49. The number of hydrogen-bond acceptors (Lipinski definition) is 0. The topological polar surface area (TPSA) is 0 Å². The molecule has 0 N–H and O–H groups in total. The number of halogens is 1. The Kier molecular flexibility index (Phi) is 3.54. The Balaban J connectivity index is 0.000000490. The molecule has 1 aromatic rings. The van der Waals surface area contributed by atoms with E-state index in [2.05, 4.69) is 6.07 Å². The molecule has 0 saturated heterocycles. The summed E-state index contributed by atoms with van der Waals surface area (Å²) >= 11 is 0. The summed E-state index contributed by atoms with van der Waals surface area (Å²) in [6.07, 6.45) is 0. The van der Waals surface area contributed by atoms with Crippen LogP contribution in [0.25, 0.3) is 0 Å². The number of rotatable bonds is 0. The second-order valence-electron chi connectivity index (χ2n) is 1.22. The number of benzene rings is 1. The van der Waals surface area contributed by atoms with E-state index < -0.39 is 0 Å². The molecule has 1 aromatic carbocycles. The van der Waals surface area contributed by atoms with E-state index in [1.54, 1.807) is 0 Å². The maximum atomic E-state index is 11.9. The van der Waals surface area contributed by atoms with Crippen molar-refractivity contribution in [3.05, 3.63) is 36.1 Å². The van der Waals surface area contributed by atoms with Gasteiger partial charge in [-0.15, -0.1) is 0 Å². The summed E-state index contributed by atoms with van der Waals surface area (Å²) in [4.78, 5) is 0. The van der Waals surface area contributed by atoms with Gasteiger partial charge in [0.25, 0.3) is 0 Å². The molecule has 0 saturated carbocycles. The van der Waals surface area contributed by atoms with Gasteiger partial charge in [-0.25, -0.2) is 4.39 Å². The summed E-state index contributed by atoms with van der Waals surface area (Å²) in [7, 11) is 0. The Bertz CT molecular complexity index is 138. The SMILES string of the molecule is Fc1cc[c]cc1.[AsH3]. The van der Waals surface area contributed by atoms with E-state index in [0.29, 0.717) is 0 Å². The predicted octanol–water partition coefficient (Wildman–Crippen LogP) is 0.442. The molecule has 0 aliphatic rings. The summed E-state index contributed by atoms with van der Waals surface area (Å²) in [6.45, 7) is 0. The average molecular weight is 173 g/mol. The first-order valence-corrected chi connectivity index (χ1v) is 2.01. The molecule has 1 atom stereocenters. The van der Waals surface area contributed by atoms with E-state index in [1.807, 2.05) is 0 Å². The van der Waals surface area contributed by atoms with Crippen molar-refractivity contribution >= 4 is 18.0 Å². The normalized spacial score (nSPS) is 7.62. The minimum absolute atomic E-state index is 0. The summed E-state index contributed by atoms with van der Waals surface area (Å²) in [5.41, 5.74) is 0. The fourth-order valence-corrected chi connectivity index (χ4v) is 0.367. The van der Waals surface area contributed by atoms with Crippen molar-refractivity contribution in [2.45, 2.75) is 0 Å². The zero-order valence-electron chi connectivity index (χ0n) is 4.39. The van der Waals surface area contributed by atoms with Crippen LogP contribution in [-0.4, -0.2) is 18.0 Å². The number of hydrogen-bond donors (Lipinski definition) is 0. The van der Waals surface area contributed by atoms with E-state index in [0.717, 1.165) is 0 Å². The van der Waals surface area contributed by atoms with E-state index >= 15 is 0 Å². The van der Waals surface area contributed by atoms with Gasteiger partial charge in [0, 0.05) is 0 Å². The van der Waals surface area contributed by atoms with E-state index in [9.17, 15) is 4.39 Å². The van der Waals surface area contributed by atoms with E-state index in [1.165, 1.54) is 24.3 Å². The van der Waals surface area contributed by atoms with Crippen LogP contribution in [0.1, 0.15) is 0 Å². The summed E-state index contributed by atoms with van der Waals surface area (Å²) in [5.74, 6) is -0.209. The van der Waals surface area contributed by atoms with Gasteiger partial charge in [0.05, 0.1) is 0 Å². The first kappa shape index (κ1) is 7.71. The maximum absolute atomic E-state index is 11.9. The van der Waals surface area contributed by atoms with Gasteiger partial charge in [-0.1, -0.05) is 12.1 Å². The minimum atomic E-state index is -0.209. The first-order valence-electron chi connectivity index (χ1n) is 2.01. The fraction of sp³-hybridized carbons (Fsp3) is 0. The third-order valence-corrected chi connectivity index (χ3v) is 0.678. The molecule has 0 amide bonds. The molecule has 1 unspecified atom stereocenters. The Morgan fingerprint density at radius 3 is 2.00 bits per heavy atom. The molecule has 0 aliphatic heterocycles. The zero-order chi connectivity index (χ0) is 5.11. The average Bonchev–Trinajstić information content (AvgIpc) is 1.69. The molecule has 0 bridgehead atoms. The van der Waals surface area contributed by atoms with Gasteiger partial charge < -0.3 is 0 Å². The van der Waals surface area contributed by atoms with Crippen molar-refractivity contribution in [3.63, 3.8) is 0 Å². The van der Waals surface area contributed by atoms with Crippen molar-refractivity contribution in [2.24, 2.45) is 0 Å². The van der Waals surface area contributed by atoms with Crippen LogP contribution in [0, 0.1) is 11.9 Å². The van der Waals surface area contributed by atoms with Crippen molar-refractivity contribution < 1.29 is 4.39 Å². The molecule has 0 heterocycles.